The van der Waals surface area contributed by atoms with Crippen LogP contribution in [0, 0.1) is 0 Å². The van der Waals surface area contributed by atoms with Crippen molar-refractivity contribution in [3.05, 3.63) is 0 Å². The van der Waals surface area contributed by atoms with Gasteiger partial charge in [-0.3, -0.25) is 0 Å². The highest BCUT2D eigenvalue weighted by Crippen LogP contribution is 2.05. The zero-order valence-corrected chi connectivity index (χ0v) is 8.14. The van der Waals surface area contributed by atoms with Crippen molar-refractivity contribution in [2.75, 3.05) is 0 Å². The molecule has 0 amide bonds. The first-order chi connectivity index (χ1) is 4.27. The van der Waals surface area contributed by atoms with Gasteiger partial charge in [-0.05, 0) is 0 Å². The highest BCUT2D eigenvalue weighted by molar-refractivity contribution is 6.37. The van der Waals surface area contributed by atoms with Crippen molar-refractivity contribution >= 4 is 9.52 Å². The molecule has 0 spiro atoms. The summed E-state index contributed by atoms with van der Waals surface area (Å²) in [4.78, 5) is 0. The largest absolute Gasteiger partial charge is 0.0656 e. The lowest BCUT2D eigenvalue weighted by Crippen LogP contribution is -1.93. The van der Waals surface area contributed by atoms with Gasteiger partial charge in [0.1, 0.15) is 0 Å². The van der Waals surface area contributed by atoms with Crippen molar-refractivity contribution in [2.24, 2.45) is 0 Å². The molecule has 55 valence electrons. The van der Waals surface area contributed by atoms with E-state index in [1.807, 2.05) is 0 Å². The first-order valence-electron chi connectivity index (χ1n) is 4.10. The molecule has 0 aliphatic carbocycles. The van der Waals surface area contributed by atoms with E-state index in [9.17, 15) is 0 Å². The van der Waals surface area contributed by atoms with E-state index in [4.69, 9.17) is 0 Å². The van der Waals surface area contributed by atoms with Gasteiger partial charge in [0.2, 0.25) is 0 Å². The van der Waals surface area contributed by atoms with Crippen molar-refractivity contribution < 1.29 is 0 Å². The third-order valence-corrected chi connectivity index (χ3v) is 3.13. The average Bonchev–Trinajstić information content (AvgIpc) is 1.80. The first-order valence-corrected chi connectivity index (χ1v) is 5.59. The first kappa shape index (κ1) is 9.22. The molecule has 0 N–H and O–H groups in total. The smallest absolute Gasteiger partial charge is 0.0307 e. The van der Waals surface area contributed by atoms with Crippen LogP contribution in [0.5, 0.6) is 0 Å². The number of unbranched alkanes of at least 4 members (excludes halogenated alkanes) is 2. The Morgan fingerprint density at radius 2 is 1.89 bits per heavy atom. The number of rotatable bonds is 5. The molecule has 0 saturated heterocycles. The molecular weight excluding hydrogens is 124 g/mol. The Balaban J connectivity index is 2.75. The van der Waals surface area contributed by atoms with Crippen molar-refractivity contribution in [1.82, 2.24) is 0 Å². The molecule has 0 aliphatic rings. The van der Waals surface area contributed by atoms with E-state index in [-0.39, 0.29) is 0 Å². The average molecular weight is 143 g/mol. The van der Waals surface area contributed by atoms with Crippen LogP contribution in [0.2, 0.25) is 11.6 Å². The molecule has 0 heterocycles. The van der Waals surface area contributed by atoms with Gasteiger partial charge in [0.15, 0.2) is 0 Å². The minimum absolute atomic E-state index is 0.762. The van der Waals surface area contributed by atoms with Crippen molar-refractivity contribution in [3.8, 4) is 0 Å². The van der Waals surface area contributed by atoms with Crippen LogP contribution in [0.15, 0.2) is 0 Å². The minimum atomic E-state index is 0.762. The fraction of sp³-hybridized carbons (Fsp3) is 1.00. The van der Waals surface area contributed by atoms with Gasteiger partial charge >= 0.3 is 0 Å². The summed E-state index contributed by atoms with van der Waals surface area (Å²) in [6.07, 6.45) is 4.29. The Morgan fingerprint density at radius 1 is 1.22 bits per heavy atom. The van der Waals surface area contributed by atoms with Crippen LogP contribution >= 0.6 is 0 Å². The second kappa shape index (κ2) is 6.34. The minimum Gasteiger partial charge on any atom is -0.0656 e. The van der Waals surface area contributed by atoms with E-state index in [0.717, 1.165) is 15.1 Å². The second-order valence-corrected chi connectivity index (χ2v) is 5.36. The van der Waals surface area contributed by atoms with E-state index in [1.54, 1.807) is 0 Å². The molecule has 1 heteroatoms. The molecule has 0 rings (SSSR count). The Hall–Kier alpha value is 0.217. The van der Waals surface area contributed by atoms with Gasteiger partial charge in [-0.1, -0.05) is 51.6 Å². The van der Waals surface area contributed by atoms with Gasteiger partial charge in [-0.15, -0.1) is 0 Å². The molecule has 0 bridgehead atoms. The molecule has 0 aliphatic heterocycles. The van der Waals surface area contributed by atoms with E-state index in [2.05, 4.69) is 20.8 Å². The monoisotopic (exact) mass is 143 g/mol. The van der Waals surface area contributed by atoms with Crippen LogP contribution in [-0.2, 0) is 0 Å². The van der Waals surface area contributed by atoms with Crippen LogP contribution in [0.4, 0.5) is 0 Å². The van der Waals surface area contributed by atoms with Gasteiger partial charge in [0.05, 0.1) is 0 Å². The molecule has 0 aromatic heterocycles. The molecule has 0 fully saturated rings. The molecule has 9 heavy (non-hydrogen) atoms. The summed E-state index contributed by atoms with van der Waals surface area (Å²) >= 11 is 0. The summed E-state index contributed by atoms with van der Waals surface area (Å²) in [6, 6.07) is 1.52. The summed E-state index contributed by atoms with van der Waals surface area (Å²) in [7, 11) is 0.762. The summed E-state index contributed by atoms with van der Waals surface area (Å²) in [5, 5.41) is 0. The van der Waals surface area contributed by atoms with E-state index in [0.29, 0.717) is 0 Å². The van der Waals surface area contributed by atoms with E-state index in [1.165, 1.54) is 25.3 Å². The van der Waals surface area contributed by atoms with Gasteiger partial charge in [-0.25, -0.2) is 0 Å². The molecule has 0 aromatic rings. The summed E-state index contributed by atoms with van der Waals surface area (Å²) in [5.74, 6) is 0. The van der Waals surface area contributed by atoms with Crippen LogP contribution in [0.3, 0.4) is 0 Å². The van der Waals surface area contributed by atoms with Crippen molar-refractivity contribution in [3.63, 3.8) is 0 Å². The molecule has 0 unspecified atom stereocenters. The Bertz CT molecular complexity index is 50.5. The van der Waals surface area contributed by atoms with Crippen molar-refractivity contribution in [1.29, 1.82) is 0 Å². The SMILES string of the molecule is CCCCC[SiH]C(C)C. The summed E-state index contributed by atoms with van der Waals surface area (Å²) in [5.41, 5.74) is 0.988. The number of hydrogen-bond acceptors (Lipinski definition) is 0. The summed E-state index contributed by atoms with van der Waals surface area (Å²) < 4.78 is 0. The topological polar surface area (TPSA) is 0 Å². The Labute approximate surface area is 61.9 Å². The molecule has 1 radical (unpaired) electrons. The van der Waals surface area contributed by atoms with Crippen LogP contribution in [0.1, 0.15) is 40.0 Å². The third-order valence-electron chi connectivity index (χ3n) is 1.45. The lowest BCUT2D eigenvalue weighted by Gasteiger charge is -2.00. The summed E-state index contributed by atoms with van der Waals surface area (Å²) in [6.45, 7) is 6.94. The predicted octanol–water partition coefficient (Wildman–Crippen LogP) is 2.86. The number of hydrogen-bond donors (Lipinski definition) is 0. The maximum Gasteiger partial charge on any atom is 0.0307 e. The maximum absolute atomic E-state index is 2.33. The zero-order chi connectivity index (χ0) is 7.11. The van der Waals surface area contributed by atoms with Gasteiger partial charge in [-0.2, -0.15) is 0 Å². The van der Waals surface area contributed by atoms with Gasteiger partial charge in [0.25, 0.3) is 0 Å². The fourth-order valence-corrected chi connectivity index (χ4v) is 2.04. The normalized spacial score (nSPS) is 10.7. The van der Waals surface area contributed by atoms with Crippen LogP contribution in [-0.4, -0.2) is 9.52 Å². The van der Waals surface area contributed by atoms with E-state index < -0.39 is 0 Å². The molecule has 0 nitrogen and oxygen atoms in total. The predicted molar refractivity (Wildman–Crippen MR) is 46.6 cm³/mol. The quantitative estimate of drug-likeness (QED) is 0.410. The highest BCUT2D eigenvalue weighted by Gasteiger charge is 1.93. The third kappa shape index (κ3) is 8.22. The van der Waals surface area contributed by atoms with Gasteiger partial charge in [0, 0.05) is 9.52 Å². The standard InChI is InChI=1S/C8H19Si/c1-4-5-6-7-9-8(2)3/h8-9H,4-7H2,1-3H3. The van der Waals surface area contributed by atoms with Crippen LogP contribution < -0.4 is 0 Å². The Kier molecular flexibility index (Phi) is 6.49. The maximum atomic E-state index is 2.33. The van der Waals surface area contributed by atoms with Crippen LogP contribution in [0.25, 0.3) is 0 Å². The Morgan fingerprint density at radius 3 is 2.33 bits per heavy atom. The highest BCUT2D eigenvalue weighted by atomic mass is 28.2. The molecule has 0 saturated carbocycles. The fourth-order valence-electron chi connectivity index (χ4n) is 0.846. The second-order valence-electron chi connectivity index (χ2n) is 2.98. The van der Waals surface area contributed by atoms with Crippen molar-refractivity contribution in [2.45, 2.75) is 51.6 Å². The molecular formula is C8H19Si. The molecule has 0 aromatic carbocycles. The molecule has 0 atom stereocenters. The van der Waals surface area contributed by atoms with E-state index >= 15 is 0 Å². The lowest BCUT2D eigenvalue weighted by atomic mass is 10.3. The lowest BCUT2D eigenvalue weighted by molar-refractivity contribution is 0.765. The van der Waals surface area contributed by atoms with Gasteiger partial charge < -0.3 is 0 Å². The zero-order valence-electron chi connectivity index (χ0n) is 6.98.